The molecule has 0 spiro atoms. The number of aromatic nitrogens is 2. The minimum absolute atomic E-state index is 0.880. The Hall–Kier alpha value is -6.84. The molecule has 0 aliphatic heterocycles. The number of benzene rings is 8. The van der Waals surface area contributed by atoms with Crippen LogP contribution >= 0.6 is 0 Å². The van der Waals surface area contributed by atoms with Crippen molar-refractivity contribution in [2.75, 3.05) is 0 Å². The topological polar surface area (TPSA) is 23.0 Å². The summed E-state index contributed by atoms with van der Waals surface area (Å²) in [4.78, 5) is 0. The minimum Gasteiger partial charge on any atom is -0.455 e. The van der Waals surface area contributed by atoms with Gasteiger partial charge >= 0.3 is 0 Å². The van der Waals surface area contributed by atoms with Gasteiger partial charge in [-0.25, -0.2) is 0 Å². The molecule has 0 fully saturated rings. The van der Waals surface area contributed by atoms with E-state index in [1.54, 1.807) is 0 Å². The average Bonchev–Trinajstić information content (AvgIpc) is 3.84. The lowest BCUT2D eigenvalue weighted by molar-refractivity contribution is 0.669. The fourth-order valence-electron chi connectivity index (χ4n) is 8.19. The first-order chi connectivity index (χ1) is 25.3. The molecule has 0 N–H and O–H groups in total. The third-order valence-corrected chi connectivity index (χ3v) is 10.5. The number of nitrogens with zero attached hydrogens (tertiary/aromatic N) is 2. The fourth-order valence-corrected chi connectivity index (χ4v) is 8.19. The predicted octanol–water partition coefficient (Wildman–Crippen LogP) is 13.1. The van der Waals surface area contributed by atoms with E-state index < -0.39 is 0 Å². The molecule has 0 radical (unpaired) electrons. The van der Waals surface area contributed by atoms with Crippen molar-refractivity contribution in [1.29, 1.82) is 0 Å². The summed E-state index contributed by atoms with van der Waals surface area (Å²) < 4.78 is 11.5. The smallest absolute Gasteiger partial charge is 0.143 e. The van der Waals surface area contributed by atoms with E-state index in [9.17, 15) is 0 Å². The molecule has 11 rings (SSSR count). The van der Waals surface area contributed by atoms with Crippen LogP contribution in [0.15, 0.2) is 186 Å². The lowest BCUT2D eigenvalue weighted by Gasteiger charge is -2.11. The van der Waals surface area contributed by atoms with Gasteiger partial charge in [0.2, 0.25) is 0 Å². The van der Waals surface area contributed by atoms with Crippen molar-refractivity contribution in [1.82, 2.24) is 9.13 Å². The first kappa shape index (κ1) is 28.0. The fraction of sp³-hybridized carbons (Fsp3) is 0. The number of hydrogen-bond acceptors (Lipinski definition) is 1. The van der Waals surface area contributed by atoms with Crippen molar-refractivity contribution in [2.24, 2.45) is 0 Å². The molecule has 0 bridgehead atoms. The monoisotopic (exact) mass is 650 g/mol. The second-order valence-electron chi connectivity index (χ2n) is 13.3. The number of para-hydroxylation sites is 3. The summed E-state index contributed by atoms with van der Waals surface area (Å²) in [7, 11) is 0. The highest BCUT2D eigenvalue weighted by molar-refractivity contribution is 6.19. The van der Waals surface area contributed by atoms with E-state index in [2.05, 4.69) is 191 Å². The van der Waals surface area contributed by atoms with E-state index >= 15 is 0 Å². The van der Waals surface area contributed by atoms with E-state index in [1.165, 1.54) is 49.2 Å². The van der Waals surface area contributed by atoms with E-state index in [0.29, 0.717) is 0 Å². The van der Waals surface area contributed by atoms with Crippen LogP contribution in [0.4, 0.5) is 0 Å². The third kappa shape index (κ3) is 4.19. The molecule has 0 atom stereocenters. The Bertz CT molecular complexity index is 3110. The maximum atomic E-state index is 6.71. The zero-order valence-electron chi connectivity index (χ0n) is 27.6. The number of furan rings is 1. The number of rotatable bonds is 4. The highest BCUT2D eigenvalue weighted by Gasteiger charge is 2.20. The largest absolute Gasteiger partial charge is 0.455 e. The normalized spacial score (nSPS) is 11.9. The molecule has 0 unspecified atom stereocenters. The molecule has 238 valence electrons. The van der Waals surface area contributed by atoms with Gasteiger partial charge in [-0.3, -0.25) is 0 Å². The van der Waals surface area contributed by atoms with Gasteiger partial charge in [-0.05, 0) is 65.2 Å². The van der Waals surface area contributed by atoms with Crippen LogP contribution in [-0.4, -0.2) is 9.13 Å². The summed E-state index contributed by atoms with van der Waals surface area (Å²) in [5.74, 6) is 0. The van der Waals surface area contributed by atoms with Crippen LogP contribution in [-0.2, 0) is 0 Å². The zero-order valence-corrected chi connectivity index (χ0v) is 27.6. The Kier molecular flexibility index (Phi) is 5.96. The third-order valence-electron chi connectivity index (χ3n) is 10.5. The van der Waals surface area contributed by atoms with Crippen LogP contribution in [0.1, 0.15) is 0 Å². The quantitative estimate of drug-likeness (QED) is 0.186. The number of fused-ring (bicyclic) bond motifs is 9. The van der Waals surface area contributed by atoms with Gasteiger partial charge < -0.3 is 13.6 Å². The molecule has 8 aromatic carbocycles. The van der Waals surface area contributed by atoms with Crippen molar-refractivity contribution < 1.29 is 4.42 Å². The highest BCUT2D eigenvalue weighted by atomic mass is 16.3. The second-order valence-corrected chi connectivity index (χ2v) is 13.3. The molecule has 3 heterocycles. The summed E-state index contributed by atoms with van der Waals surface area (Å²) >= 11 is 0. The van der Waals surface area contributed by atoms with Gasteiger partial charge in [0.05, 0.1) is 22.1 Å². The first-order valence-electron chi connectivity index (χ1n) is 17.4. The van der Waals surface area contributed by atoms with Crippen LogP contribution in [0, 0.1) is 0 Å². The Morgan fingerprint density at radius 2 is 0.863 bits per heavy atom. The van der Waals surface area contributed by atoms with Crippen molar-refractivity contribution in [3.8, 4) is 33.6 Å². The standard InChI is InChI=1S/C48H30N2O/c1-3-12-31(13-4-1)32-22-24-34(25-23-32)49-43-20-9-7-16-37(43)41-29-42-38-17-8-10-21-44(38)50(46(42)30-45(41)49)35-26-27-39-40-19-11-18-36(33-14-5-2-6-15-33)48(40)51-47(39)28-35/h1-30H. The maximum absolute atomic E-state index is 6.71. The summed E-state index contributed by atoms with van der Waals surface area (Å²) in [6.45, 7) is 0. The summed E-state index contributed by atoms with van der Waals surface area (Å²) in [5, 5.41) is 7.20. The van der Waals surface area contributed by atoms with Crippen LogP contribution in [0.25, 0.3) is 99.2 Å². The summed E-state index contributed by atoms with van der Waals surface area (Å²) in [6, 6.07) is 65.4. The predicted molar refractivity (Wildman–Crippen MR) is 213 cm³/mol. The van der Waals surface area contributed by atoms with E-state index in [1.807, 2.05) is 0 Å². The van der Waals surface area contributed by atoms with Gasteiger partial charge in [0.25, 0.3) is 0 Å². The van der Waals surface area contributed by atoms with Crippen molar-refractivity contribution >= 4 is 65.6 Å². The maximum Gasteiger partial charge on any atom is 0.143 e. The molecule has 51 heavy (non-hydrogen) atoms. The Morgan fingerprint density at radius 3 is 1.55 bits per heavy atom. The zero-order chi connectivity index (χ0) is 33.5. The van der Waals surface area contributed by atoms with Crippen molar-refractivity contribution in [3.05, 3.63) is 182 Å². The van der Waals surface area contributed by atoms with Gasteiger partial charge in [0.15, 0.2) is 0 Å². The Balaban J connectivity index is 1.16. The molecule has 3 heteroatoms. The summed E-state index contributed by atoms with van der Waals surface area (Å²) in [5.41, 5.74) is 13.4. The van der Waals surface area contributed by atoms with E-state index in [0.717, 1.165) is 50.0 Å². The van der Waals surface area contributed by atoms with Crippen LogP contribution in [0.5, 0.6) is 0 Å². The second kappa shape index (κ2) is 10.8. The molecule has 0 saturated carbocycles. The van der Waals surface area contributed by atoms with Gasteiger partial charge in [0, 0.05) is 55.3 Å². The van der Waals surface area contributed by atoms with Crippen molar-refractivity contribution in [2.45, 2.75) is 0 Å². The Labute approximate surface area is 293 Å². The van der Waals surface area contributed by atoms with Crippen LogP contribution in [0.2, 0.25) is 0 Å². The minimum atomic E-state index is 0.880. The number of hydrogen-bond donors (Lipinski definition) is 0. The molecule has 3 nitrogen and oxygen atoms in total. The lowest BCUT2D eigenvalue weighted by atomic mass is 10.0. The van der Waals surface area contributed by atoms with Crippen LogP contribution in [0.3, 0.4) is 0 Å². The van der Waals surface area contributed by atoms with Crippen molar-refractivity contribution in [3.63, 3.8) is 0 Å². The Morgan fingerprint density at radius 1 is 0.314 bits per heavy atom. The first-order valence-corrected chi connectivity index (χ1v) is 17.4. The van der Waals surface area contributed by atoms with E-state index in [4.69, 9.17) is 4.42 Å². The molecule has 0 aliphatic rings. The lowest BCUT2D eigenvalue weighted by Crippen LogP contribution is -1.96. The van der Waals surface area contributed by atoms with Gasteiger partial charge in [0.1, 0.15) is 11.2 Å². The van der Waals surface area contributed by atoms with Gasteiger partial charge in [-0.1, -0.05) is 127 Å². The van der Waals surface area contributed by atoms with Crippen LogP contribution < -0.4 is 0 Å². The molecule has 3 aromatic heterocycles. The SMILES string of the molecule is c1ccc(-c2ccc(-n3c4ccccc4c4cc5c6ccccc6n(-c6ccc7c(c6)oc6c(-c8ccccc8)cccc67)c5cc43)cc2)cc1. The van der Waals surface area contributed by atoms with Gasteiger partial charge in [-0.15, -0.1) is 0 Å². The van der Waals surface area contributed by atoms with E-state index in [-0.39, 0.29) is 0 Å². The average molecular weight is 651 g/mol. The molecule has 0 amide bonds. The molecular weight excluding hydrogens is 621 g/mol. The summed E-state index contributed by atoms with van der Waals surface area (Å²) in [6.07, 6.45) is 0. The molecule has 11 aromatic rings. The highest BCUT2D eigenvalue weighted by Crippen LogP contribution is 2.41. The molecular formula is C48H30N2O. The molecule has 0 aliphatic carbocycles. The van der Waals surface area contributed by atoms with Gasteiger partial charge in [-0.2, -0.15) is 0 Å². The molecule has 0 saturated heterocycles.